The van der Waals surface area contributed by atoms with Crippen molar-refractivity contribution in [2.24, 2.45) is 0 Å². The van der Waals surface area contributed by atoms with Gasteiger partial charge in [0, 0.05) is 11.3 Å². The Hall–Kier alpha value is -2.16. The molecule has 2 nitrogen and oxygen atoms in total. The first-order chi connectivity index (χ1) is 8.08. The summed E-state index contributed by atoms with van der Waals surface area (Å²) >= 11 is 0. The van der Waals surface area contributed by atoms with Gasteiger partial charge in [-0.05, 0) is 25.1 Å². The molecule has 0 bridgehead atoms. The summed E-state index contributed by atoms with van der Waals surface area (Å²) in [5.74, 6) is -0.918. The van der Waals surface area contributed by atoms with Crippen LogP contribution in [0.2, 0.25) is 0 Å². The van der Waals surface area contributed by atoms with Crippen LogP contribution in [0.5, 0.6) is 0 Å². The summed E-state index contributed by atoms with van der Waals surface area (Å²) < 4.78 is 13.6. The number of benzene rings is 2. The Bertz CT molecular complexity index is 561. The second-order valence-electron chi connectivity index (χ2n) is 3.93. The van der Waals surface area contributed by atoms with E-state index in [0.29, 0.717) is 11.3 Å². The molecule has 86 valence electrons. The van der Waals surface area contributed by atoms with Gasteiger partial charge in [-0.1, -0.05) is 29.8 Å². The van der Waals surface area contributed by atoms with Crippen molar-refractivity contribution >= 4 is 11.5 Å². The summed E-state index contributed by atoms with van der Waals surface area (Å²) in [6.07, 6.45) is 0. The van der Waals surface area contributed by atoms with E-state index in [2.05, 4.69) is 0 Å². The first-order valence-corrected chi connectivity index (χ1v) is 5.24. The molecule has 2 aromatic rings. The first kappa shape index (κ1) is 11.3. The molecule has 0 saturated carbocycles. The topological polar surface area (TPSA) is 43.1 Å². The fraction of sp³-hybridized carbons (Fsp3) is 0.0714. The van der Waals surface area contributed by atoms with E-state index in [1.165, 1.54) is 12.1 Å². The zero-order chi connectivity index (χ0) is 12.4. The number of anilines is 1. The lowest BCUT2D eigenvalue weighted by Gasteiger charge is -2.04. The van der Waals surface area contributed by atoms with Gasteiger partial charge in [-0.25, -0.2) is 4.39 Å². The minimum absolute atomic E-state index is 0.0445. The predicted molar refractivity (Wildman–Crippen MR) is 65.4 cm³/mol. The Morgan fingerprint density at radius 3 is 2.35 bits per heavy atom. The normalized spacial score (nSPS) is 10.2. The lowest BCUT2D eigenvalue weighted by atomic mass is 10.0. The summed E-state index contributed by atoms with van der Waals surface area (Å²) in [5.41, 5.74) is 7.31. The van der Waals surface area contributed by atoms with Gasteiger partial charge in [-0.15, -0.1) is 0 Å². The Morgan fingerprint density at radius 2 is 1.76 bits per heavy atom. The van der Waals surface area contributed by atoms with Crippen molar-refractivity contribution < 1.29 is 9.18 Å². The summed E-state index contributed by atoms with van der Waals surface area (Å²) in [4.78, 5) is 12.0. The number of carbonyl (C=O) groups is 1. The minimum atomic E-state index is -0.587. The second kappa shape index (κ2) is 4.37. The maximum atomic E-state index is 13.6. The molecule has 0 spiro atoms. The van der Waals surface area contributed by atoms with Crippen LogP contribution in [0.1, 0.15) is 21.5 Å². The summed E-state index contributed by atoms with van der Waals surface area (Å²) in [6.45, 7) is 1.93. The van der Waals surface area contributed by atoms with Gasteiger partial charge in [0.2, 0.25) is 0 Å². The fourth-order valence-corrected chi connectivity index (χ4v) is 1.58. The van der Waals surface area contributed by atoms with Crippen molar-refractivity contribution in [3.8, 4) is 0 Å². The average molecular weight is 229 g/mol. The van der Waals surface area contributed by atoms with Gasteiger partial charge >= 0.3 is 0 Å². The molecule has 0 aliphatic heterocycles. The van der Waals surface area contributed by atoms with Gasteiger partial charge in [0.05, 0.1) is 5.56 Å². The number of halogens is 1. The standard InChI is InChI=1S/C14H12FNO/c1-9-2-4-10(5-3-9)14(17)12-7-6-11(16)8-13(12)15/h2-8H,16H2,1H3. The van der Waals surface area contributed by atoms with Crippen molar-refractivity contribution in [2.75, 3.05) is 5.73 Å². The summed E-state index contributed by atoms with van der Waals surface area (Å²) in [7, 11) is 0. The van der Waals surface area contributed by atoms with Crippen molar-refractivity contribution in [3.05, 3.63) is 65.0 Å². The molecular formula is C14H12FNO. The Labute approximate surface area is 98.9 Å². The average Bonchev–Trinajstić information content (AvgIpc) is 2.29. The highest BCUT2D eigenvalue weighted by molar-refractivity contribution is 6.09. The SMILES string of the molecule is Cc1ccc(C(=O)c2ccc(N)cc2F)cc1. The molecule has 2 N–H and O–H groups in total. The Balaban J connectivity index is 2.40. The van der Waals surface area contributed by atoms with Crippen LogP contribution < -0.4 is 5.73 Å². The van der Waals surface area contributed by atoms with E-state index in [0.717, 1.165) is 11.6 Å². The lowest BCUT2D eigenvalue weighted by Crippen LogP contribution is -2.04. The molecule has 0 aliphatic rings. The molecule has 3 heteroatoms. The third-order valence-corrected chi connectivity index (χ3v) is 2.55. The van der Waals surface area contributed by atoms with E-state index in [1.807, 2.05) is 19.1 Å². The maximum Gasteiger partial charge on any atom is 0.195 e. The number of nitrogen functional groups attached to an aromatic ring is 1. The van der Waals surface area contributed by atoms with Gasteiger partial charge in [-0.2, -0.15) is 0 Å². The highest BCUT2D eigenvalue weighted by Gasteiger charge is 2.13. The van der Waals surface area contributed by atoms with E-state index in [1.54, 1.807) is 12.1 Å². The molecule has 17 heavy (non-hydrogen) atoms. The smallest absolute Gasteiger partial charge is 0.195 e. The van der Waals surface area contributed by atoms with Crippen LogP contribution in [0.3, 0.4) is 0 Å². The third-order valence-electron chi connectivity index (χ3n) is 2.55. The summed E-state index contributed by atoms with van der Waals surface area (Å²) in [5, 5.41) is 0. The van der Waals surface area contributed by atoms with Gasteiger partial charge in [0.15, 0.2) is 5.78 Å². The maximum absolute atomic E-state index is 13.6. The van der Waals surface area contributed by atoms with Crippen LogP contribution in [-0.4, -0.2) is 5.78 Å². The molecule has 0 unspecified atom stereocenters. The predicted octanol–water partition coefficient (Wildman–Crippen LogP) is 2.95. The molecular weight excluding hydrogens is 217 g/mol. The molecule has 0 heterocycles. The molecule has 0 saturated heterocycles. The molecule has 0 fully saturated rings. The second-order valence-corrected chi connectivity index (χ2v) is 3.93. The van der Waals surface area contributed by atoms with E-state index in [4.69, 9.17) is 5.73 Å². The number of ketones is 1. The lowest BCUT2D eigenvalue weighted by molar-refractivity contribution is 0.103. The third kappa shape index (κ3) is 2.33. The van der Waals surface area contributed by atoms with Crippen molar-refractivity contribution in [1.82, 2.24) is 0 Å². The monoisotopic (exact) mass is 229 g/mol. The van der Waals surface area contributed by atoms with Gasteiger partial charge in [-0.3, -0.25) is 4.79 Å². The van der Waals surface area contributed by atoms with Crippen molar-refractivity contribution in [2.45, 2.75) is 6.92 Å². The zero-order valence-corrected chi connectivity index (χ0v) is 9.41. The van der Waals surface area contributed by atoms with Crippen LogP contribution in [-0.2, 0) is 0 Å². The van der Waals surface area contributed by atoms with Gasteiger partial charge < -0.3 is 5.73 Å². The number of rotatable bonds is 2. The van der Waals surface area contributed by atoms with E-state index in [-0.39, 0.29) is 11.3 Å². The van der Waals surface area contributed by atoms with Gasteiger partial charge in [0.25, 0.3) is 0 Å². The number of hydrogen-bond acceptors (Lipinski definition) is 2. The quantitative estimate of drug-likeness (QED) is 0.635. The molecule has 0 radical (unpaired) electrons. The highest BCUT2D eigenvalue weighted by Crippen LogP contribution is 2.16. The molecule has 2 rings (SSSR count). The zero-order valence-electron chi connectivity index (χ0n) is 9.41. The van der Waals surface area contributed by atoms with E-state index < -0.39 is 5.82 Å². The van der Waals surface area contributed by atoms with Crippen molar-refractivity contribution in [1.29, 1.82) is 0 Å². The molecule has 2 aromatic carbocycles. The van der Waals surface area contributed by atoms with Crippen molar-refractivity contribution in [3.63, 3.8) is 0 Å². The fourth-order valence-electron chi connectivity index (χ4n) is 1.58. The Kier molecular flexibility index (Phi) is 2.91. The largest absolute Gasteiger partial charge is 0.399 e. The highest BCUT2D eigenvalue weighted by atomic mass is 19.1. The van der Waals surface area contributed by atoms with Crippen LogP contribution in [0.4, 0.5) is 10.1 Å². The molecule has 0 aromatic heterocycles. The van der Waals surface area contributed by atoms with E-state index >= 15 is 0 Å². The first-order valence-electron chi connectivity index (χ1n) is 5.24. The van der Waals surface area contributed by atoms with Crippen LogP contribution >= 0.6 is 0 Å². The van der Waals surface area contributed by atoms with E-state index in [9.17, 15) is 9.18 Å². The Morgan fingerprint density at radius 1 is 1.12 bits per heavy atom. The number of aryl methyl sites for hydroxylation is 1. The van der Waals surface area contributed by atoms with Crippen LogP contribution in [0.25, 0.3) is 0 Å². The molecule has 0 amide bonds. The number of carbonyl (C=O) groups excluding carboxylic acids is 1. The summed E-state index contributed by atoms with van der Waals surface area (Å²) in [6, 6.07) is 11.1. The van der Waals surface area contributed by atoms with Crippen LogP contribution in [0.15, 0.2) is 42.5 Å². The van der Waals surface area contributed by atoms with Gasteiger partial charge in [0.1, 0.15) is 5.82 Å². The number of nitrogens with two attached hydrogens (primary N) is 1. The molecule has 0 atom stereocenters. The molecule has 0 aliphatic carbocycles. The minimum Gasteiger partial charge on any atom is -0.399 e. The van der Waals surface area contributed by atoms with Crippen LogP contribution in [0, 0.1) is 12.7 Å². The number of hydrogen-bond donors (Lipinski definition) is 1.